The minimum absolute atomic E-state index is 0.0139. The van der Waals surface area contributed by atoms with Crippen LogP contribution in [0.4, 0.5) is 51.2 Å². The smallest absolute Gasteiger partial charge is 0.264 e. The highest BCUT2D eigenvalue weighted by Gasteiger charge is 2.46. The molecule has 0 fully saturated rings. The molecule has 9 aromatic carbocycles. The molecule has 10 aromatic rings. The molecular formula is C73H72BN3S. The van der Waals surface area contributed by atoms with E-state index in [0.717, 1.165) is 22.7 Å². The molecule has 0 N–H and O–H groups in total. The monoisotopic (exact) mass is 1030 g/mol. The first-order valence-corrected chi connectivity index (χ1v) is 29.0. The molecule has 0 bridgehead atoms. The summed E-state index contributed by atoms with van der Waals surface area (Å²) in [5.74, 6) is 0. The van der Waals surface area contributed by atoms with E-state index >= 15 is 0 Å². The normalized spacial score (nSPS) is 14.6. The fourth-order valence-corrected chi connectivity index (χ4v) is 14.4. The summed E-state index contributed by atoms with van der Waals surface area (Å²) in [5.41, 5.74) is 24.0. The lowest BCUT2D eigenvalue weighted by molar-refractivity contribution is 0.590. The molecular weight excluding hydrogens is 962 g/mol. The molecule has 0 amide bonds. The summed E-state index contributed by atoms with van der Waals surface area (Å²) >= 11 is 2.00. The average molecular weight is 1030 g/mol. The summed E-state index contributed by atoms with van der Waals surface area (Å²) in [7, 11) is 0. The lowest BCUT2D eigenvalue weighted by Gasteiger charge is -2.43. The van der Waals surface area contributed by atoms with Crippen LogP contribution in [0.1, 0.15) is 130 Å². The molecule has 388 valence electrons. The number of anilines is 9. The largest absolute Gasteiger partial charge is 0.311 e. The Labute approximate surface area is 468 Å². The SMILES string of the molecule is CC(C)(C)c1ccc(N(c2ccc(C(C)(C)C)cc2)c2ccc3c(c2)N(c2ccc(C(C)(C)C)cc2)c2cccc4c2B3c2sc3cc5c(cc3c2N4c2ccc(C(C)(C)C)cc2)-c2ccc3ccccc3c2C5(C)C)cc1. The lowest BCUT2D eigenvalue weighted by Crippen LogP contribution is -2.60. The summed E-state index contributed by atoms with van der Waals surface area (Å²) in [6.07, 6.45) is 0. The Kier molecular flexibility index (Phi) is 11.2. The van der Waals surface area contributed by atoms with Gasteiger partial charge in [-0.05, 0) is 173 Å². The van der Waals surface area contributed by atoms with E-state index in [2.05, 4.69) is 294 Å². The van der Waals surface area contributed by atoms with Crippen molar-refractivity contribution in [3.63, 3.8) is 0 Å². The summed E-state index contributed by atoms with van der Waals surface area (Å²) in [5, 5.41) is 3.96. The van der Waals surface area contributed by atoms with Crippen LogP contribution < -0.4 is 30.4 Å². The highest BCUT2D eigenvalue weighted by atomic mass is 32.1. The molecule has 0 saturated heterocycles. The summed E-state index contributed by atoms with van der Waals surface area (Å²) in [6, 6.07) is 70.6. The van der Waals surface area contributed by atoms with Gasteiger partial charge in [-0.15, -0.1) is 11.3 Å². The molecule has 0 atom stereocenters. The van der Waals surface area contributed by atoms with Gasteiger partial charge in [0.05, 0.1) is 5.69 Å². The standard InChI is InChI=1S/C73H72BN3S/c1-69(2,3)46-23-31-50(32-24-46)75(51-33-25-47(26-34-51)70(4,5)6)54-39-41-60-63(42-54)76(52-35-27-48(28-36-52)71(7,8)9)61-20-17-21-62-66(61)74(60)68-67(77(62)53-37-29-49(30-38-53)72(10,11)12)58-43-57-56-40-22-45-18-15-16-19-55(45)65(56)73(13,14)59(57)44-64(58)78-68/h15-44H,1-14H3. The zero-order valence-corrected chi connectivity index (χ0v) is 49.0. The number of benzene rings is 9. The molecule has 5 heteroatoms. The maximum atomic E-state index is 2.62. The van der Waals surface area contributed by atoms with Gasteiger partial charge in [-0.2, -0.15) is 0 Å². The van der Waals surface area contributed by atoms with E-state index in [1.54, 1.807) is 0 Å². The van der Waals surface area contributed by atoms with E-state index in [9.17, 15) is 0 Å². The number of hydrogen-bond donors (Lipinski definition) is 0. The lowest BCUT2D eigenvalue weighted by atomic mass is 9.36. The van der Waals surface area contributed by atoms with Gasteiger partial charge in [-0.25, -0.2) is 0 Å². The third-order valence-corrected chi connectivity index (χ3v) is 18.7. The predicted octanol–water partition coefficient (Wildman–Crippen LogP) is 19.1. The minimum atomic E-state index is -0.175. The van der Waals surface area contributed by atoms with E-state index in [-0.39, 0.29) is 33.8 Å². The van der Waals surface area contributed by atoms with Crippen molar-refractivity contribution < 1.29 is 0 Å². The van der Waals surface area contributed by atoms with Crippen LogP contribution >= 0.6 is 11.3 Å². The molecule has 3 aliphatic rings. The third kappa shape index (κ3) is 7.89. The zero-order valence-electron chi connectivity index (χ0n) is 48.1. The minimum Gasteiger partial charge on any atom is -0.311 e. The van der Waals surface area contributed by atoms with Gasteiger partial charge in [-0.3, -0.25) is 0 Å². The van der Waals surface area contributed by atoms with Crippen molar-refractivity contribution in [2.75, 3.05) is 14.7 Å². The molecule has 0 radical (unpaired) electrons. The van der Waals surface area contributed by atoms with E-state index in [4.69, 9.17) is 0 Å². The molecule has 0 unspecified atom stereocenters. The fourth-order valence-electron chi connectivity index (χ4n) is 13.1. The van der Waals surface area contributed by atoms with Crippen molar-refractivity contribution in [1.82, 2.24) is 0 Å². The molecule has 1 aromatic heterocycles. The molecule has 78 heavy (non-hydrogen) atoms. The Balaban J connectivity index is 1.08. The molecule has 0 spiro atoms. The van der Waals surface area contributed by atoms with Gasteiger partial charge in [0.1, 0.15) is 0 Å². The number of fused-ring (bicyclic) bond motifs is 11. The van der Waals surface area contributed by atoms with Gasteiger partial charge in [0, 0.05) is 65.8 Å². The molecule has 13 rings (SSSR count). The van der Waals surface area contributed by atoms with E-state index in [1.807, 2.05) is 11.3 Å². The van der Waals surface area contributed by atoms with Crippen LogP contribution in [0.3, 0.4) is 0 Å². The second-order valence-electron chi connectivity index (χ2n) is 27.1. The molecule has 1 aliphatic carbocycles. The van der Waals surface area contributed by atoms with E-state index in [0.29, 0.717) is 0 Å². The second kappa shape index (κ2) is 17.3. The molecule has 2 aliphatic heterocycles. The van der Waals surface area contributed by atoms with Crippen molar-refractivity contribution >= 4 is 106 Å². The van der Waals surface area contributed by atoms with Crippen LogP contribution in [0.2, 0.25) is 0 Å². The quantitative estimate of drug-likeness (QED) is 0.159. The van der Waals surface area contributed by atoms with Gasteiger partial charge in [0.25, 0.3) is 6.71 Å². The first-order valence-electron chi connectivity index (χ1n) is 28.2. The van der Waals surface area contributed by atoms with E-state index in [1.165, 1.54) is 110 Å². The number of nitrogens with zero attached hydrogens (tertiary/aromatic N) is 3. The number of hydrogen-bond acceptors (Lipinski definition) is 4. The Morgan fingerprint density at radius 1 is 0.436 bits per heavy atom. The first-order chi connectivity index (χ1) is 37.0. The van der Waals surface area contributed by atoms with Crippen LogP contribution in [0.5, 0.6) is 0 Å². The van der Waals surface area contributed by atoms with Gasteiger partial charge in [-0.1, -0.05) is 194 Å². The number of rotatable bonds is 5. The van der Waals surface area contributed by atoms with Crippen LogP contribution in [0.15, 0.2) is 182 Å². The zero-order chi connectivity index (χ0) is 54.6. The van der Waals surface area contributed by atoms with Gasteiger partial charge >= 0.3 is 0 Å². The van der Waals surface area contributed by atoms with Crippen molar-refractivity contribution in [2.24, 2.45) is 0 Å². The van der Waals surface area contributed by atoms with Crippen LogP contribution in [-0.2, 0) is 27.1 Å². The maximum absolute atomic E-state index is 2.62. The highest BCUT2D eigenvalue weighted by molar-refractivity contribution is 7.33. The summed E-state index contributed by atoms with van der Waals surface area (Å²) in [4.78, 5) is 7.65. The van der Waals surface area contributed by atoms with E-state index < -0.39 is 0 Å². The van der Waals surface area contributed by atoms with Crippen molar-refractivity contribution in [3.05, 3.63) is 215 Å². The molecule has 3 heterocycles. The average Bonchev–Trinajstić information content (AvgIpc) is 3.70. The molecule has 0 saturated carbocycles. The van der Waals surface area contributed by atoms with Crippen LogP contribution in [0.25, 0.3) is 32.0 Å². The van der Waals surface area contributed by atoms with Gasteiger partial charge < -0.3 is 14.7 Å². The summed E-state index contributed by atoms with van der Waals surface area (Å²) < 4.78 is 2.71. The van der Waals surface area contributed by atoms with Crippen LogP contribution in [0, 0.1) is 0 Å². The Morgan fingerprint density at radius 2 is 0.936 bits per heavy atom. The Bertz CT molecular complexity index is 3960. The highest BCUT2D eigenvalue weighted by Crippen LogP contribution is 2.56. The fraction of sp³-hybridized carbons (Fsp3) is 0.260. The maximum Gasteiger partial charge on any atom is 0.264 e. The molecule has 3 nitrogen and oxygen atoms in total. The Morgan fingerprint density at radius 3 is 1.49 bits per heavy atom. The Hall–Kier alpha value is -7.34. The van der Waals surface area contributed by atoms with Gasteiger partial charge in [0.2, 0.25) is 0 Å². The van der Waals surface area contributed by atoms with Crippen molar-refractivity contribution in [2.45, 2.75) is 124 Å². The van der Waals surface area contributed by atoms with Crippen LogP contribution in [-0.4, -0.2) is 6.71 Å². The summed E-state index contributed by atoms with van der Waals surface area (Å²) in [6.45, 7) is 32.5. The number of thiophene rings is 1. The topological polar surface area (TPSA) is 9.72 Å². The second-order valence-corrected chi connectivity index (χ2v) is 28.2. The third-order valence-electron chi connectivity index (χ3n) is 17.5. The predicted molar refractivity (Wildman–Crippen MR) is 340 cm³/mol. The van der Waals surface area contributed by atoms with Crippen molar-refractivity contribution in [3.8, 4) is 11.1 Å². The first kappa shape index (κ1) is 50.2. The van der Waals surface area contributed by atoms with Gasteiger partial charge in [0.15, 0.2) is 0 Å². The van der Waals surface area contributed by atoms with Crippen molar-refractivity contribution in [1.29, 1.82) is 0 Å².